The largest absolute Gasteiger partial charge is 0.274 e. The van der Waals surface area contributed by atoms with Gasteiger partial charge in [-0.2, -0.15) is 5.10 Å². The third-order valence-electron chi connectivity index (χ3n) is 3.69. The first-order chi connectivity index (χ1) is 8.87. The molecule has 108 valence electrons. The van der Waals surface area contributed by atoms with Gasteiger partial charge in [-0.3, -0.25) is 4.68 Å². The molecule has 2 unspecified atom stereocenters. The topological polar surface area (TPSA) is 64.0 Å². The van der Waals surface area contributed by atoms with Crippen LogP contribution in [0.3, 0.4) is 0 Å². The van der Waals surface area contributed by atoms with E-state index in [1.54, 1.807) is 7.05 Å². The molecule has 1 N–H and O–H groups in total. The summed E-state index contributed by atoms with van der Waals surface area (Å²) in [6.07, 6.45) is 6.89. The Labute approximate surface area is 122 Å². The van der Waals surface area contributed by atoms with E-state index in [4.69, 9.17) is 0 Å². The number of aromatic nitrogens is 2. The van der Waals surface area contributed by atoms with Gasteiger partial charge in [0, 0.05) is 24.1 Å². The molecule has 0 aromatic carbocycles. The lowest BCUT2D eigenvalue weighted by Crippen LogP contribution is -2.52. The van der Waals surface area contributed by atoms with E-state index in [1.807, 2.05) is 0 Å². The Morgan fingerprint density at radius 2 is 2.37 bits per heavy atom. The van der Waals surface area contributed by atoms with Crippen molar-refractivity contribution in [2.75, 3.05) is 5.33 Å². The van der Waals surface area contributed by atoms with Crippen LogP contribution in [0.2, 0.25) is 0 Å². The molecule has 1 aliphatic rings. The van der Waals surface area contributed by atoms with Crippen molar-refractivity contribution in [3.8, 4) is 0 Å². The lowest BCUT2D eigenvalue weighted by atomic mass is 9.78. The number of nitrogens with zero attached hydrogens (tertiary/aromatic N) is 2. The van der Waals surface area contributed by atoms with Gasteiger partial charge in [0.25, 0.3) is 0 Å². The van der Waals surface area contributed by atoms with Crippen molar-refractivity contribution >= 4 is 26.0 Å². The van der Waals surface area contributed by atoms with Gasteiger partial charge in [-0.15, -0.1) is 0 Å². The summed E-state index contributed by atoms with van der Waals surface area (Å²) in [5.41, 5.74) is -0.369. The molecule has 0 radical (unpaired) electrons. The maximum atomic E-state index is 12.4. The van der Waals surface area contributed by atoms with E-state index < -0.39 is 10.0 Å². The van der Waals surface area contributed by atoms with Crippen LogP contribution in [0.5, 0.6) is 0 Å². The summed E-state index contributed by atoms with van der Waals surface area (Å²) in [6.45, 7) is 2.18. The molecule has 0 aliphatic heterocycles. The fourth-order valence-corrected chi connectivity index (χ4v) is 5.04. The molecular weight excluding hydrogens is 330 g/mol. The monoisotopic (exact) mass is 349 g/mol. The molecule has 2 rings (SSSR count). The van der Waals surface area contributed by atoms with Gasteiger partial charge in [-0.05, 0) is 18.8 Å². The molecule has 1 heterocycles. The van der Waals surface area contributed by atoms with Crippen LogP contribution in [0.15, 0.2) is 17.3 Å². The number of halogens is 1. The summed E-state index contributed by atoms with van der Waals surface area (Å²) in [4.78, 5) is 0.230. The Hall–Kier alpha value is -0.400. The number of nitrogens with one attached hydrogen (secondary N) is 1. The van der Waals surface area contributed by atoms with Crippen LogP contribution in [0.1, 0.15) is 32.6 Å². The van der Waals surface area contributed by atoms with E-state index in [9.17, 15) is 8.42 Å². The third-order valence-corrected chi connectivity index (χ3v) is 6.30. The van der Waals surface area contributed by atoms with E-state index in [1.165, 1.54) is 23.5 Å². The number of aryl methyl sites for hydroxylation is 1. The zero-order valence-electron chi connectivity index (χ0n) is 11.3. The molecule has 0 spiro atoms. The standard InChI is InChI=1S/C12H20BrN3O2S/c1-10-4-3-5-12(6-10,9-13)15-19(17,18)11-7-14-16(2)8-11/h7-8,10,15H,3-6,9H2,1-2H3. The summed E-state index contributed by atoms with van der Waals surface area (Å²) in [5.74, 6) is 0.544. The van der Waals surface area contributed by atoms with Gasteiger partial charge >= 0.3 is 0 Å². The normalized spacial score (nSPS) is 28.5. The fourth-order valence-electron chi connectivity index (χ4n) is 2.78. The van der Waals surface area contributed by atoms with Gasteiger partial charge in [-0.25, -0.2) is 13.1 Å². The zero-order chi connectivity index (χ0) is 14.1. The van der Waals surface area contributed by atoms with Crippen LogP contribution in [0.25, 0.3) is 0 Å². The second kappa shape index (κ2) is 5.54. The summed E-state index contributed by atoms with van der Waals surface area (Å²) in [5, 5.41) is 4.57. The average Bonchev–Trinajstić information content (AvgIpc) is 2.76. The molecule has 0 saturated heterocycles. The first-order valence-corrected chi connectivity index (χ1v) is 9.06. The molecule has 7 heteroatoms. The van der Waals surface area contributed by atoms with E-state index in [0.29, 0.717) is 11.2 Å². The van der Waals surface area contributed by atoms with Gasteiger partial charge in [0.15, 0.2) is 0 Å². The summed E-state index contributed by atoms with van der Waals surface area (Å²) in [7, 11) is -1.79. The minimum atomic E-state index is -3.50. The molecule has 5 nitrogen and oxygen atoms in total. The number of sulfonamides is 1. The predicted molar refractivity (Wildman–Crippen MR) is 77.7 cm³/mol. The van der Waals surface area contributed by atoms with Crippen LogP contribution in [-0.4, -0.2) is 29.1 Å². The van der Waals surface area contributed by atoms with Crippen molar-refractivity contribution in [3.63, 3.8) is 0 Å². The first kappa shape index (κ1) is 15.0. The smallest absolute Gasteiger partial charge is 0.244 e. The summed E-state index contributed by atoms with van der Waals surface area (Å²) in [6, 6.07) is 0. The molecule has 1 aromatic heterocycles. The van der Waals surface area contributed by atoms with Crippen molar-refractivity contribution < 1.29 is 8.42 Å². The van der Waals surface area contributed by atoms with Crippen molar-refractivity contribution in [2.24, 2.45) is 13.0 Å². The van der Waals surface area contributed by atoms with Crippen LogP contribution in [0, 0.1) is 5.92 Å². The Bertz CT molecular complexity index is 543. The predicted octanol–water partition coefficient (Wildman–Crippen LogP) is 2.04. The molecule has 0 bridgehead atoms. The van der Waals surface area contributed by atoms with E-state index in [2.05, 4.69) is 32.7 Å². The molecule has 1 aliphatic carbocycles. The van der Waals surface area contributed by atoms with Crippen molar-refractivity contribution in [2.45, 2.75) is 43.0 Å². The molecule has 1 saturated carbocycles. The van der Waals surface area contributed by atoms with Gasteiger partial charge < -0.3 is 0 Å². The molecule has 2 atom stereocenters. The minimum Gasteiger partial charge on any atom is -0.274 e. The second-order valence-electron chi connectivity index (χ2n) is 5.57. The highest BCUT2D eigenvalue weighted by molar-refractivity contribution is 9.09. The Kier molecular flexibility index (Phi) is 4.37. The third kappa shape index (κ3) is 3.38. The van der Waals surface area contributed by atoms with Gasteiger partial charge in [0.1, 0.15) is 4.90 Å². The Balaban J connectivity index is 2.22. The van der Waals surface area contributed by atoms with Crippen LogP contribution < -0.4 is 4.72 Å². The quantitative estimate of drug-likeness (QED) is 0.846. The molecule has 1 aromatic rings. The average molecular weight is 350 g/mol. The molecule has 0 amide bonds. The fraction of sp³-hybridized carbons (Fsp3) is 0.750. The maximum Gasteiger partial charge on any atom is 0.244 e. The lowest BCUT2D eigenvalue weighted by molar-refractivity contribution is 0.241. The highest BCUT2D eigenvalue weighted by atomic mass is 79.9. The zero-order valence-corrected chi connectivity index (χ0v) is 13.7. The second-order valence-corrected chi connectivity index (χ2v) is 7.81. The van der Waals surface area contributed by atoms with Gasteiger partial charge in [0.2, 0.25) is 10.0 Å². The van der Waals surface area contributed by atoms with E-state index in [-0.39, 0.29) is 10.4 Å². The van der Waals surface area contributed by atoms with Gasteiger partial charge in [-0.1, -0.05) is 35.7 Å². The highest BCUT2D eigenvalue weighted by Gasteiger charge is 2.38. The van der Waals surface area contributed by atoms with Crippen LogP contribution in [-0.2, 0) is 17.1 Å². The Morgan fingerprint density at radius 1 is 1.63 bits per heavy atom. The van der Waals surface area contributed by atoms with E-state index >= 15 is 0 Å². The maximum absolute atomic E-state index is 12.4. The van der Waals surface area contributed by atoms with Crippen molar-refractivity contribution in [1.29, 1.82) is 0 Å². The first-order valence-electron chi connectivity index (χ1n) is 6.45. The summed E-state index contributed by atoms with van der Waals surface area (Å²) < 4.78 is 29.2. The lowest BCUT2D eigenvalue weighted by Gasteiger charge is -2.39. The van der Waals surface area contributed by atoms with Gasteiger partial charge in [0.05, 0.1) is 6.20 Å². The number of hydrogen-bond acceptors (Lipinski definition) is 3. The molecule has 19 heavy (non-hydrogen) atoms. The van der Waals surface area contributed by atoms with Crippen LogP contribution in [0.4, 0.5) is 0 Å². The van der Waals surface area contributed by atoms with Crippen molar-refractivity contribution in [1.82, 2.24) is 14.5 Å². The van der Waals surface area contributed by atoms with Crippen LogP contribution >= 0.6 is 15.9 Å². The number of hydrogen-bond donors (Lipinski definition) is 1. The minimum absolute atomic E-state index is 0.230. The molecule has 1 fully saturated rings. The SMILES string of the molecule is CC1CCCC(CBr)(NS(=O)(=O)c2cnn(C)c2)C1. The molecular formula is C12H20BrN3O2S. The van der Waals surface area contributed by atoms with Crippen molar-refractivity contribution in [3.05, 3.63) is 12.4 Å². The number of alkyl halides is 1. The Morgan fingerprint density at radius 3 is 2.89 bits per heavy atom. The number of rotatable bonds is 4. The summed E-state index contributed by atoms with van der Waals surface area (Å²) >= 11 is 3.48. The van der Waals surface area contributed by atoms with E-state index in [0.717, 1.165) is 19.3 Å². The highest BCUT2D eigenvalue weighted by Crippen LogP contribution is 2.34.